The van der Waals surface area contributed by atoms with Gasteiger partial charge in [-0.15, -0.1) is 0 Å². The normalized spacial score (nSPS) is 17.6. The predicted octanol–water partition coefficient (Wildman–Crippen LogP) is 2.42. The van der Waals surface area contributed by atoms with Gasteiger partial charge in [-0.1, -0.05) is 30.3 Å². The number of hydrogen-bond donors (Lipinski definition) is 1. The Morgan fingerprint density at radius 2 is 2.04 bits per heavy atom. The highest BCUT2D eigenvalue weighted by molar-refractivity contribution is 7.90. The minimum atomic E-state index is -3.35. The summed E-state index contributed by atoms with van der Waals surface area (Å²) in [5.41, 5.74) is 1.97. The van der Waals surface area contributed by atoms with Gasteiger partial charge in [-0.25, -0.2) is 18.4 Å². The predicted molar refractivity (Wildman–Crippen MR) is 108 cm³/mol. The van der Waals surface area contributed by atoms with Gasteiger partial charge in [0.05, 0.1) is 11.9 Å². The van der Waals surface area contributed by atoms with Crippen molar-refractivity contribution in [2.45, 2.75) is 36.5 Å². The van der Waals surface area contributed by atoms with Crippen LogP contribution in [0.5, 0.6) is 0 Å². The van der Waals surface area contributed by atoms with Crippen molar-refractivity contribution in [1.29, 1.82) is 0 Å². The Bertz CT molecular complexity index is 850. The summed E-state index contributed by atoms with van der Waals surface area (Å²) in [6.07, 6.45) is 6.66. The molecule has 0 saturated carbocycles. The number of nitrogens with zero attached hydrogens (tertiary/aromatic N) is 3. The van der Waals surface area contributed by atoms with Crippen LogP contribution in [0.25, 0.3) is 0 Å². The lowest BCUT2D eigenvalue weighted by atomic mass is 9.96. The summed E-state index contributed by atoms with van der Waals surface area (Å²) in [5.74, 6) is 0.707. The van der Waals surface area contributed by atoms with E-state index in [2.05, 4.69) is 39.6 Å². The molecule has 0 radical (unpaired) electrons. The summed E-state index contributed by atoms with van der Waals surface area (Å²) in [7, 11) is -1.39. The van der Waals surface area contributed by atoms with Crippen LogP contribution in [0.2, 0.25) is 0 Å². The molecular formula is C20H28N4O2S. The zero-order valence-electron chi connectivity index (χ0n) is 16.1. The maximum atomic E-state index is 12.2. The molecule has 1 aliphatic heterocycles. The first-order chi connectivity index (χ1) is 12.9. The van der Waals surface area contributed by atoms with E-state index in [1.807, 2.05) is 18.0 Å². The second kappa shape index (κ2) is 8.80. The van der Waals surface area contributed by atoms with Crippen LogP contribution in [0, 0.1) is 0 Å². The lowest BCUT2D eigenvalue weighted by Gasteiger charge is -2.25. The van der Waals surface area contributed by atoms with Gasteiger partial charge in [0.15, 0.2) is 9.84 Å². The van der Waals surface area contributed by atoms with Crippen molar-refractivity contribution < 1.29 is 8.42 Å². The van der Waals surface area contributed by atoms with Gasteiger partial charge in [-0.3, -0.25) is 0 Å². The second-order valence-electron chi connectivity index (χ2n) is 7.25. The number of hydrogen-bond acceptors (Lipinski definition) is 6. The number of nitrogens with one attached hydrogen (secondary N) is 1. The molecule has 0 bridgehead atoms. The fraction of sp³-hybridized carbons (Fsp3) is 0.500. The smallest absolute Gasteiger partial charge is 0.225 e. The van der Waals surface area contributed by atoms with E-state index in [-0.39, 0.29) is 10.8 Å². The van der Waals surface area contributed by atoms with Gasteiger partial charge in [0, 0.05) is 32.3 Å². The number of aromatic nitrogens is 2. The summed E-state index contributed by atoms with van der Waals surface area (Å²) in [5, 5.41) is 3.34. The standard InChI is InChI=1S/C20H28N4O2S/c1-24(13-7-10-16-8-4-3-5-9-16)20-22-15-18(27(2,25)26)19(23-20)17-11-6-12-21-14-17/h3-5,8-9,15,17,21H,6-7,10-14H2,1-2H3/t17-/m0/s1. The summed E-state index contributed by atoms with van der Waals surface area (Å²) in [6.45, 7) is 2.55. The molecule has 1 aromatic heterocycles. The third kappa shape index (κ3) is 5.26. The molecule has 1 N–H and O–H groups in total. The third-order valence-corrected chi connectivity index (χ3v) is 6.11. The molecular weight excluding hydrogens is 360 g/mol. The van der Waals surface area contributed by atoms with Gasteiger partial charge >= 0.3 is 0 Å². The van der Waals surface area contributed by atoms with Gasteiger partial charge in [0.1, 0.15) is 4.90 Å². The van der Waals surface area contributed by atoms with Crippen LogP contribution in [-0.2, 0) is 16.3 Å². The molecule has 0 spiro atoms. The van der Waals surface area contributed by atoms with Crippen LogP contribution in [0.15, 0.2) is 41.4 Å². The largest absolute Gasteiger partial charge is 0.344 e. The van der Waals surface area contributed by atoms with Crippen molar-refractivity contribution in [2.24, 2.45) is 0 Å². The van der Waals surface area contributed by atoms with Crippen LogP contribution < -0.4 is 10.2 Å². The molecule has 1 saturated heterocycles. The van der Waals surface area contributed by atoms with Crippen molar-refractivity contribution in [3.05, 3.63) is 47.8 Å². The molecule has 27 heavy (non-hydrogen) atoms. The van der Waals surface area contributed by atoms with E-state index >= 15 is 0 Å². The molecule has 146 valence electrons. The highest BCUT2D eigenvalue weighted by Crippen LogP contribution is 2.28. The number of anilines is 1. The van der Waals surface area contributed by atoms with Gasteiger partial charge in [-0.2, -0.15) is 0 Å². The zero-order chi connectivity index (χ0) is 19.3. The lowest BCUT2D eigenvalue weighted by molar-refractivity contribution is 0.447. The lowest BCUT2D eigenvalue weighted by Crippen LogP contribution is -2.30. The summed E-state index contributed by atoms with van der Waals surface area (Å²) in [6, 6.07) is 10.4. The van der Waals surface area contributed by atoms with Gasteiger partial charge < -0.3 is 10.2 Å². The number of benzene rings is 1. The van der Waals surface area contributed by atoms with Gasteiger partial charge in [-0.05, 0) is 37.8 Å². The van der Waals surface area contributed by atoms with Crippen molar-refractivity contribution >= 4 is 15.8 Å². The van der Waals surface area contributed by atoms with Gasteiger partial charge in [0.25, 0.3) is 0 Å². The maximum Gasteiger partial charge on any atom is 0.225 e. The average molecular weight is 389 g/mol. The van der Waals surface area contributed by atoms with Crippen molar-refractivity contribution in [2.75, 3.05) is 37.8 Å². The van der Waals surface area contributed by atoms with E-state index in [1.54, 1.807) is 0 Å². The van der Waals surface area contributed by atoms with Crippen molar-refractivity contribution in [3.63, 3.8) is 0 Å². The van der Waals surface area contributed by atoms with E-state index in [4.69, 9.17) is 0 Å². The van der Waals surface area contributed by atoms with E-state index in [1.165, 1.54) is 18.0 Å². The van der Waals surface area contributed by atoms with E-state index in [9.17, 15) is 8.42 Å². The third-order valence-electron chi connectivity index (χ3n) is 5.00. The van der Waals surface area contributed by atoms with Crippen molar-refractivity contribution in [3.8, 4) is 0 Å². The summed E-state index contributed by atoms with van der Waals surface area (Å²) < 4.78 is 24.4. The Hall–Kier alpha value is -1.99. The first-order valence-corrected chi connectivity index (χ1v) is 11.4. The van der Waals surface area contributed by atoms with Crippen LogP contribution in [0.3, 0.4) is 0 Å². The fourth-order valence-electron chi connectivity index (χ4n) is 3.49. The number of piperidine rings is 1. The minimum Gasteiger partial charge on any atom is -0.344 e. The Balaban J connectivity index is 1.74. The molecule has 1 aromatic carbocycles. The van der Waals surface area contributed by atoms with Crippen molar-refractivity contribution in [1.82, 2.24) is 15.3 Å². The van der Waals surface area contributed by atoms with E-state index < -0.39 is 9.84 Å². The minimum absolute atomic E-state index is 0.114. The molecule has 2 aromatic rings. The quantitative estimate of drug-likeness (QED) is 0.785. The zero-order valence-corrected chi connectivity index (χ0v) is 16.9. The maximum absolute atomic E-state index is 12.2. The molecule has 0 aliphatic carbocycles. The Labute approximate surface area is 162 Å². The molecule has 2 heterocycles. The first-order valence-electron chi connectivity index (χ1n) is 9.48. The SMILES string of the molecule is CN(CCCc1ccccc1)c1ncc(S(C)(=O)=O)c([C@H]2CCCNC2)n1. The molecule has 0 unspecified atom stereocenters. The monoisotopic (exact) mass is 388 g/mol. The van der Waals surface area contributed by atoms with E-state index in [0.29, 0.717) is 11.6 Å². The molecule has 6 nitrogen and oxygen atoms in total. The topological polar surface area (TPSA) is 75.2 Å². The molecule has 1 aliphatic rings. The highest BCUT2D eigenvalue weighted by atomic mass is 32.2. The first kappa shape index (κ1) is 19.8. The molecule has 3 rings (SSSR count). The van der Waals surface area contributed by atoms with Crippen LogP contribution in [-0.4, -0.2) is 51.3 Å². The molecule has 7 heteroatoms. The van der Waals surface area contributed by atoms with Crippen LogP contribution in [0.4, 0.5) is 5.95 Å². The Kier molecular flexibility index (Phi) is 6.44. The van der Waals surface area contributed by atoms with Crippen LogP contribution >= 0.6 is 0 Å². The second-order valence-corrected chi connectivity index (χ2v) is 9.23. The molecule has 0 amide bonds. The average Bonchev–Trinajstić information content (AvgIpc) is 2.68. The van der Waals surface area contributed by atoms with E-state index in [0.717, 1.165) is 45.3 Å². The van der Waals surface area contributed by atoms with Gasteiger partial charge in [0.2, 0.25) is 5.95 Å². The summed E-state index contributed by atoms with van der Waals surface area (Å²) in [4.78, 5) is 11.3. The highest BCUT2D eigenvalue weighted by Gasteiger charge is 2.25. The Morgan fingerprint density at radius 3 is 2.70 bits per heavy atom. The number of rotatable bonds is 7. The molecule has 1 atom stereocenters. The Morgan fingerprint density at radius 1 is 1.26 bits per heavy atom. The number of sulfone groups is 1. The fourth-order valence-corrected chi connectivity index (χ4v) is 4.32. The van der Waals surface area contributed by atoms with Crippen LogP contribution in [0.1, 0.15) is 36.4 Å². The molecule has 1 fully saturated rings. The summed E-state index contributed by atoms with van der Waals surface area (Å²) >= 11 is 0. The number of aryl methyl sites for hydroxylation is 1.